The highest BCUT2D eigenvalue weighted by molar-refractivity contribution is 7.93. The maximum Gasteiger partial charge on any atom is 0.393 e. The van der Waals surface area contributed by atoms with Gasteiger partial charge in [0.15, 0.2) is 0 Å². The number of H-pyrrole nitrogens is 2. The van der Waals surface area contributed by atoms with Crippen LogP contribution in [-0.4, -0.2) is 48.7 Å². The second-order valence-corrected chi connectivity index (χ2v) is 8.18. The summed E-state index contributed by atoms with van der Waals surface area (Å²) < 4.78 is 76.6. The average Bonchev–Trinajstić information content (AvgIpc) is 3.33. The number of fused-ring (bicyclic) bond motifs is 3. The Bertz CT molecular complexity index is 1350. The molecule has 0 unspecified atom stereocenters. The highest BCUT2D eigenvalue weighted by atomic mass is 32.2. The van der Waals surface area contributed by atoms with Gasteiger partial charge in [0, 0.05) is 23.2 Å². The van der Waals surface area contributed by atoms with E-state index in [1.54, 1.807) is 18.3 Å². The number of benzene rings is 1. The van der Waals surface area contributed by atoms with Crippen molar-refractivity contribution in [2.24, 2.45) is 0 Å². The lowest BCUT2D eigenvalue weighted by atomic mass is 10.2. The van der Waals surface area contributed by atoms with Crippen LogP contribution in [0.2, 0.25) is 0 Å². The van der Waals surface area contributed by atoms with Gasteiger partial charge in [0.1, 0.15) is 4.90 Å². The number of nitrogens with zero attached hydrogens (tertiary/aromatic N) is 2. The molecule has 3 heterocycles. The molecular formula is C18H16F3N5O4S. The minimum Gasteiger partial charge on any atom is -0.481 e. The Morgan fingerprint density at radius 3 is 2.32 bits per heavy atom. The van der Waals surface area contributed by atoms with Crippen LogP contribution < -0.4 is 14.2 Å². The first-order chi connectivity index (χ1) is 14.6. The summed E-state index contributed by atoms with van der Waals surface area (Å²) in [6, 6.07) is 5.25. The number of hydrogen-bond donors (Lipinski definition) is 3. The second-order valence-electron chi connectivity index (χ2n) is 6.52. The summed E-state index contributed by atoms with van der Waals surface area (Å²) in [5.41, 5.74) is 0.871. The van der Waals surface area contributed by atoms with Crippen molar-refractivity contribution in [2.75, 3.05) is 18.9 Å². The van der Waals surface area contributed by atoms with E-state index in [0.717, 1.165) is 25.1 Å². The molecule has 0 fully saturated rings. The first-order valence-corrected chi connectivity index (χ1v) is 10.3. The van der Waals surface area contributed by atoms with Crippen LogP contribution in [0.15, 0.2) is 35.5 Å². The van der Waals surface area contributed by atoms with Crippen molar-refractivity contribution < 1.29 is 31.1 Å². The van der Waals surface area contributed by atoms with Gasteiger partial charge < -0.3 is 19.4 Å². The lowest BCUT2D eigenvalue weighted by Gasteiger charge is -2.15. The molecule has 0 bridgehead atoms. The molecule has 0 aliphatic heterocycles. The van der Waals surface area contributed by atoms with Gasteiger partial charge in [-0.3, -0.25) is 0 Å². The van der Waals surface area contributed by atoms with Crippen molar-refractivity contribution in [2.45, 2.75) is 17.5 Å². The Morgan fingerprint density at radius 2 is 1.71 bits per heavy atom. The number of hydrogen-bond acceptors (Lipinski definition) is 6. The van der Waals surface area contributed by atoms with Crippen LogP contribution in [0.3, 0.4) is 0 Å². The minimum absolute atomic E-state index is 0.0834. The molecule has 1 aromatic carbocycles. The zero-order chi connectivity index (χ0) is 22.4. The summed E-state index contributed by atoms with van der Waals surface area (Å²) in [6.45, 7) is 0. The van der Waals surface area contributed by atoms with Gasteiger partial charge in [0.05, 0.1) is 37.2 Å². The molecule has 3 aromatic heterocycles. The molecule has 0 saturated carbocycles. The number of nitrogens with one attached hydrogen (secondary N) is 3. The number of alkyl halides is 3. The molecular weight excluding hydrogens is 439 g/mol. The molecule has 0 aliphatic rings. The van der Waals surface area contributed by atoms with Gasteiger partial charge in [0.2, 0.25) is 17.7 Å². The Morgan fingerprint density at radius 1 is 1.03 bits per heavy atom. The zero-order valence-corrected chi connectivity index (χ0v) is 17.0. The molecule has 31 heavy (non-hydrogen) atoms. The molecule has 4 rings (SSSR count). The Kier molecular flexibility index (Phi) is 4.92. The Hall–Kier alpha value is -3.48. The van der Waals surface area contributed by atoms with Crippen molar-refractivity contribution >= 4 is 37.8 Å². The maximum absolute atomic E-state index is 13.0. The second kappa shape index (κ2) is 7.34. The SMILES string of the molecule is COc1nc(NS(=O)(=O)c2c[nH]c3c2ccc2cc[nH]c23)nc(OC)c1CC(F)(F)F. The summed E-state index contributed by atoms with van der Waals surface area (Å²) in [6.07, 6.45) is -2.94. The number of rotatable bonds is 6. The molecule has 3 N–H and O–H groups in total. The molecule has 0 radical (unpaired) electrons. The third kappa shape index (κ3) is 3.83. The van der Waals surface area contributed by atoms with Gasteiger partial charge in [-0.1, -0.05) is 12.1 Å². The van der Waals surface area contributed by atoms with E-state index in [9.17, 15) is 21.6 Å². The van der Waals surface area contributed by atoms with Gasteiger partial charge in [-0.05, 0) is 6.07 Å². The topological polar surface area (TPSA) is 122 Å². The van der Waals surface area contributed by atoms with Crippen molar-refractivity contribution in [1.29, 1.82) is 0 Å². The Balaban J connectivity index is 1.75. The standard InChI is InChI=1S/C18H16F3N5O4S/c1-29-15-11(7-18(19,20)21)16(30-2)25-17(24-15)26-31(27,28)12-8-23-14-10(12)4-3-9-5-6-22-13(9)14/h3-6,8,22-23H,7H2,1-2H3,(H,24,25,26). The van der Waals surface area contributed by atoms with E-state index in [-0.39, 0.29) is 4.90 Å². The molecule has 0 atom stereocenters. The van der Waals surface area contributed by atoms with Crippen LogP contribution in [0, 0.1) is 0 Å². The summed E-state index contributed by atoms with van der Waals surface area (Å²) in [5.74, 6) is -1.39. The summed E-state index contributed by atoms with van der Waals surface area (Å²) in [5, 5.41) is 1.30. The quantitative estimate of drug-likeness (QED) is 0.410. The van der Waals surface area contributed by atoms with Crippen LogP contribution in [0.25, 0.3) is 21.8 Å². The lowest BCUT2D eigenvalue weighted by Crippen LogP contribution is -2.18. The first kappa shape index (κ1) is 20.8. The summed E-state index contributed by atoms with van der Waals surface area (Å²) in [4.78, 5) is 13.4. The number of aromatic nitrogens is 4. The summed E-state index contributed by atoms with van der Waals surface area (Å²) >= 11 is 0. The van der Waals surface area contributed by atoms with Gasteiger partial charge in [-0.25, -0.2) is 13.1 Å². The number of ether oxygens (including phenoxy) is 2. The first-order valence-electron chi connectivity index (χ1n) is 8.78. The normalized spacial score (nSPS) is 12.4. The summed E-state index contributed by atoms with van der Waals surface area (Å²) in [7, 11) is -1.98. The number of anilines is 1. The average molecular weight is 455 g/mol. The maximum atomic E-state index is 13.0. The number of aromatic amines is 2. The predicted octanol–water partition coefficient (Wildman–Crippen LogP) is 3.36. The fourth-order valence-corrected chi connectivity index (χ4v) is 4.39. The van der Waals surface area contributed by atoms with E-state index >= 15 is 0 Å². The van der Waals surface area contributed by atoms with Crippen LogP contribution in [0.4, 0.5) is 19.1 Å². The third-order valence-corrected chi connectivity index (χ3v) is 5.92. The predicted molar refractivity (Wildman–Crippen MR) is 106 cm³/mol. The van der Waals surface area contributed by atoms with Crippen molar-refractivity contribution in [3.05, 3.63) is 36.2 Å². The molecule has 0 saturated heterocycles. The van der Waals surface area contributed by atoms with E-state index in [0.29, 0.717) is 10.9 Å². The van der Waals surface area contributed by atoms with E-state index in [2.05, 4.69) is 24.7 Å². The van der Waals surface area contributed by atoms with E-state index in [4.69, 9.17) is 9.47 Å². The molecule has 0 spiro atoms. The van der Waals surface area contributed by atoms with Gasteiger partial charge >= 0.3 is 6.18 Å². The zero-order valence-electron chi connectivity index (χ0n) is 16.2. The van der Waals surface area contributed by atoms with Crippen LogP contribution in [0.1, 0.15) is 5.56 Å². The molecule has 0 amide bonds. The highest BCUT2D eigenvalue weighted by Gasteiger charge is 2.33. The third-order valence-electron chi connectivity index (χ3n) is 4.55. The molecule has 4 aromatic rings. The lowest BCUT2D eigenvalue weighted by molar-refractivity contribution is -0.127. The van der Waals surface area contributed by atoms with Crippen LogP contribution in [-0.2, 0) is 16.4 Å². The Labute approximate surface area is 173 Å². The molecule has 13 heteroatoms. The molecule has 9 nitrogen and oxygen atoms in total. The smallest absolute Gasteiger partial charge is 0.393 e. The highest BCUT2D eigenvalue weighted by Crippen LogP contribution is 2.34. The van der Waals surface area contributed by atoms with Crippen molar-refractivity contribution in [3.63, 3.8) is 0 Å². The van der Waals surface area contributed by atoms with Crippen molar-refractivity contribution in [3.8, 4) is 11.8 Å². The van der Waals surface area contributed by atoms with E-state index in [1.807, 2.05) is 6.07 Å². The number of methoxy groups -OCH3 is 2. The largest absolute Gasteiger partial charge is 0.481 e. The fourth-order valence-electron chi connectivity index (χ4n) is 3.27. The minimum atomic E-state index is -4.57. The van der Waals surface area contributed by atoms with Crippen LogP contribution >= 0.6 is 0 Å². The van der Waals surface area contributed by atoms with E-state index < -0.39 is 45.9 Å². The van der Waals surface area contributed by atoms with Gasteiger partial charge in [-0.2, -0.15) is 23.1 Å². The molecule has 164 valence electrons. The molecule has 0 aliphatic carbocycles. The van der Waals surface area contributed by atoms with Crippen LogP contribution in [0.5, 0.6) is 11.8 Å². The van der Waals surface area contributed by atoms with Gasteiger partial charge in [-0.15, -0.1) is 0 Å². The fraction of sp³-hybridized carbons (Fsp3) is 0.222. The van der Waals surface area contributed by atoms with Crippen molar-refractivity contribution in [1.82, 2.24) is 19.9 Å². The van der Waals surface area contributed by atoms with E-state index in [1.165, 1.54) is 6.20 Å². The number of halogens is 3. The van der Waals surface area contributed by atoms with Gasteiger partial charge in [0.25, 0.3) is 10.0 Å². The number of sulfonamides is 1. The monoisotopic (exact) mass is 455 g/mol.